The van der Waals surface area contributed by atoms with Crippen LogP contribution < -0.4 is 5.14 Å². The molecular weight excluding hydrogens is 157 g/mol. The van der Waals surface area contributed by atoms with Crippen molar-refractivity contribution in [2.75, 3.05) is 5.75 Å². The Morgan fingerprint density at radius 1 is 1.50 bits per heavy atom. The Morgan fingerprint density at radius 2 is 2.00 bits per heavy atom. The summed E-state index contributed by atoms with van der Waals surface area (Å²) in [7, 11) is -3.37. The van der Waals surface area contributed by atoms with E-state index in [9.17, 15) is 12.8 Å². The van der Waals surface area contributed by atoms with Gasteiger partial charge in [0.25, 0.3) is 0 Å². The van der Waals surface area contributed by atoms with Crippen molar-refractivity contribution < 1.29 is 12.8 Å². The molecule has 0 unspecified atom stereocenters. The van der Waals surface area contributed by atoms with Gasteiger partial charge in [0.05, 0.1) is 5.75 Å². The van der Waals surface area contributed by atoms with Gasteiger partial charge in [-0.25, -0.2) is 17.9 Å². The zero-order chi connectivity index (χ0) is 7.78. The average Bonchev–Trinajstić information content (AvgIpc) is 1.57. The number of hydrogen-bond acceptors (Lipinski definition) is 2. The third-order valence-electron chi connectivity index (χ3n) is 1.65. The van der Waals surface area contributed by atoms with Crippen molar-refractivity contribution in [3.63, 3.8) is 0 Å². The molecule has 0 bridgehead atoms. The highest BCUT2D eigenvalue weighted by atomic mass is 32.2. The smallest absolute Gasteiger partial charge is 0.209 e. The molecule has 0 radical (unpaired) electrons. The molecule has 2 N–H and O–H groups in total. The molecule has 0 aromatic heterocycles. The van der Waals surface area contributed by atoms with Crippen LogP contribution in [0.15, 0.2) is 0 Å². The number of halogens is 1. The topological polar surface area (TPSA) is 60.2 Å². The largest absolute Gasteiger partial charge is 0.247 e. The first-order valence-electron chi connectivity index (χ1n) is 3.12. The minimum atomic E-state index is -3.37. The normalized spacial score (nSPS) is 33.4. The minimum Gasteiger partial charge on any atom is -0.247 e. The van der Waals surface area contributed by atoms with Crippen molar-refractivity contribution in [3.8, 4) is 0 Å². The van der Waals surface area contributed by atoms with Gasteiger partial charge in [-0.05, 0) is 18.8 Å². The van der Waals surface area contributed by atoms with Crippen molar-refractivity contribution in [3.05, 3.63) is 0 Å². The third kappa shape index (κ3) is 2.22. The molecule has 1 rings (SSSR count). The zero-order valence-corrected chi connectivity index (χ0v) is 6.27. The van der Waals surface area contributed by atoms with E-state index in [1.807, 2.05) is 0 Å². The molecule has 1 aliphatic carbocycles. The first-order chi connectivity index (χ1) is 4.47. The van der Waals surface area contributed by atoms with Crippen molar-refractivity contribution in [1.82, 2.24) is 0 Å². The van der Waals surface area contributed by atoms with Gasteiger partial charge >= 0.3 is 0 Å². The summed E-state index contributed by atoms with van der Waals surface area (Å²) in [6.07, 6.45) is -0.0842. The monoisotopic (exact) mass is 167 g/mol. The van der Waals surface area contributed by atoms with Gasteiger partial charge < -0.3 is 0 Å². The Hall–Kier alpha value is -0.160. The van der Waals surface area contributed by atoms with Gasteiger partial charge in [0.2, 0.25) is 10.0 Å². The molecule has 1 aliphatic rings. The highest BCUT2D eigenvalue weighted by Crippen LogP contribution is 2.30. The summed E-state index contributed by atoms with van der Waals surface area (Å²) in [5.41, 5.74) is 0. The van der Waals surface area contributed by atoms with Gasteiger partial charge in [0.15, 0.2) is 0 Å². The van der Waals surface area contributed by atoms with Crippen molar-refractivity contribution in [1.29, 1.82) is 0 Å². The summed E-state index contributed by atoms with van der Waals surface area (Å²) in [5.74, 6) is -0.0991. The number of nitrogens with two attached hydrogens (primary N) is 1. The minimum absolute atomic E-state index is 0.0370. The summed E-state index contributed by atoms with van der Waals surface area (Å²) in [6, 6.07) is 0. The van der Waals surface area contributed by atoms with Gasteiger partial charge in [-0.15, -0.1) is 0 Å². The molecule has 0 amide bonds. The van der Waals surface area contributed by atoms with Gasteiger partial charge in [0, 0.05) is 0 Å². The standard InChI is InChI=1S/C5H10FNO2S/c6-5-1-4(2-5)3-10(7,8)9/h4-5H,1-3H2,(H2,7,8,9). The molecule has 0 heterocycles. The maximum Gasteiger partial charge on any atom is 0.209 e. The molecule has 10 heavy (non-hydrogen) atoms. The zero-order valence-electron chi connectivity index (χ0n) is 5.46. The summed E-state index contributed by atoms with van der Waals surface area (Å²) in [5, 5.41) is 4.74. The van der Waals surface area contributed by atoms with E-state index in [0.29, 0.717) is 12.8 Å². The van der Waals surface area contributed by atoms with E-state index < -0.39 is 16.2 Å². The Kier molecular flexibility index (Phi) is 1.96. The Bertz CT molecular complexity index is 208. The van der Waals surface area contributed by atoms with E-state index >= 15 is 0 Å². The number of sulfonamides is 1. The second-order valence-corrected chi connectivity index (χ2v) is 4.42. The lowest BCUT2D eigenvalue weighted by atomic mass is 9.85. The van der Waals surface area contributed by atoms with Crippen LogP contribution in [0.4, 0.5) is 4.39 Å². The lowest BCUT2D eigenvalue weighted by Gasteiger charge is -2.28. The van der Waals surface area contributed by atoms with E-state index in [2.05, 4.69) is 0 Å². The van der Waals surface area contributed by atoms with Gasteiger partial charge in [-0.2, -0.15) is 0 Å². The van der Waals surface area contributed by atoms with Crippen LogP contribution in [0, 0.1) is 5.92 Å². The maximum atomic E-state index is 12.1. The SMILES string of the molecule is NS(=O)(=O)CC1CC(F)C1. The van der Waals surface area contributed by atoms with Crippen LogP contribution in [0.2, 0.25) is 0 Å². The molecule has 0 aromatic rings. The Balaban J connectivity index is 2.30. The number of primary sulfonamides is 1. The van der Waals surface area contributed by atoms with Crippen LogP contribution in [-0.2, 0) is 10.0 Å². The third-order valence-corrected chi connectivity index (χ3v) is 2.58. The second-order valence-electron chi connectivity index (χ2n) is 2.76. The molecule has 1 fully saturated rings. The lowest BCUT2D eigenvalue weighted by Crippen LogP contribution is -2.33. The number of alkyl halides is 1. The number of hydrogen-bond donors (Lipinski definition) is 1. The summed E-state index contributed by atoms with van der Waals surface area (Å²) in [4.78, 5) is 0. The average molecular weight is 167 g/mol. The predicted octanol–water partition coefficient (Wildman–Crippen LogP) is 0.0230. The Labute approximate surface area is 59.5 Å². The summed E-state index contributed by atoms with van der Waals surface area (Å²) in [6.45, 7) is 0. The quantitative estimate of drug-likeness (QED) is 0.630. The van der Waals surface area contributed by atoms with Crippen LogP contribution in [0.25, 0.3) is 0 Å². The first-order valence-corrected chi connectivity index (χ1v) is 4.83. The molecule has 5 heteroatoms. The highest BCUT2D eigenvalue weighted by molar-refractivity contribution is 7.89. The molecule has 0 spiro atoms. The van der Waals surface area contributed by atoms with E-state index in [1.54, 1.807) is 0 Å². The number of rotatable bonds is 2. The van der Waals surface area contributed by atoms with Gasteiger partial charge in [0.1, 0.15) is 6.17 Å². The van der Waals surface area contributed by atoms with Crippen LogP contribution in [0.5, 0.6) is 0 Å². The predicted molar refractivity (Wildman–Crippen MR) is 35.6 cm³/mol. The van der Waals surface area contributed by atoms with Crippen molar-refractivity contribution in [2.24, 2.45) is 11.1 Å². The molecule has 60 valence electrons. The molecule has 0 atom stereocenters. The van der Waals surface area contributed by atoms with E-state index in [1.165, 1.54) is 0 Å². The lowest BCUT2D eigenvalue weighted by molar-refractivity contribution is 0.146. The van der Waals surface area contributed by atoms with E-state index in [0.717, 1.165) is 0 Å². The van der Waals surface area contributed by atoms with E-state index in [-0.39, 0.29) is 11.7 Å². The van der Waals surface area contributed by atoms with Crippen molar-refractivity contribution >= 4 is 10.0 Å². The van der Waals surface area contributed by atoms with E-state index in [4.69, 9.17) is 5.14 Å². The fourth-order valence-corrected chi connectivity index (χ4v) is 2.05. The van der Waals surface area contributed by atoms with Crippen LogP contribution in [0.1, 0.15) is 12.8 Å². The molecule has 0 aromatic carbocycles. The molecule has 3 nitrogen and oxygen atoms in total. The molecular formula is C5H10FNO2S. The first kappa shape index (κ1) is 7.94. The van der Waals surface area contributed by atoms with Gasteiger partial charge in [-0.1, -0.05) is 0 Å². The van der Waals surface area contributed by atoms with Crippen LogP contribution in [0.3, 0.4) is 0 Å². The fraction of sp³-hybridized carbons (Fsp3) is 1.00. The summed E-state index contributed by atoms with van der Waals surface area (Å²) < 4.78 is 32.9. The molecule has 0 saturated heterocycles. The summed E-state index contributed by atoms with van der Waals surface area (Å²) >= 11 is 0. The van der Waals surface area contributed by atoms with Crippen LogP contribution >= 0.6 is 0 Å². The highest BCUT2D eigenvalue weighted by Gasteiger charge is 2.31. The van der Waals surface area contributed by atoms with Crippen LogP contribution in [-0.4, -0.2) is 20.3 Å². The molecule has 0 aliphatic heterocycles. The molecule has 1 saturated carbocycles. The maximum absolute atomic E-state index is 12.1. The van der Waals surface area contributed by atoms with Crippen molar-refractivity contribution in [2.45, 2.75) is 19.0 Å². The Morgan fingerprint density at radius 3 is 2.30 bits per heavy atom. The fourth-order valence-electron chi connectivity index (χ4n) is 1.12. The van der Waals surface area contributed by atoms with Gasteiger partial charge in [-0.3, -0.25) is 0 Å². The second kappa shape index (κ2) is 2.47.